The fourth-order valence-electron chi connectivity index (χ4n) is 6.95. The topological polar surface area (TPSA) is 68.1 Å². The van der Waals surface area contributed by atoms with Crippen LogP contribution in [0.4, 0.5) is 24.8 Å². The quantitative estimate of drug-likeness (QED) is 0.226. The van der Waals surface area contributed by atoms with E-state index in [2.05, 4.69) is 46.7 Å². The van der Waals surface area contributed by atoms with Crippen molar-refractivity contribution in [1.29, 1.82) is 5.26 Å². The van der Waals surface area contributed by atoms with Crippen LogP contribution in [0.3, 0.4) is 0 Å². The minimum Gasteiger partial charge on any atom is -0.363 e. The van der Waals surface area contributed by atoms with E-state index in [9.17, 15) is 5.26 Å². The lowest BCUT2D eigenvalue weighted by Crippen LogP contribution is -2.38. The number of nitrogens with one attached hydrogen (secondary N) is 1. The van der Waals surface area contributed by atoms with Crippen LogP contribution in [0, 0.1) is 28.5 Å². The molecule has 1 aromatic heterocycles. The van der Waals surface area contributed by atoms with Gasteiger partial charge in [0.15, 0.2) is 0 Å². The Labute approximate surface area is 266 Å². The van der Waals surface area contributed by atoms with E-state index in [-0.39, 0.29) is 11.6 Å². The number of benzene rings is 1. The highest BCUT2D eigenvalue weighted by Crippen LogP contribution is 2.57. The molecule has 242 valence electrons. The summed E-state index contributed by atoms with van der Waals surface area (Å²) >= 11 is 0. The van der Waals surface area contributed by atoms with Crippen LogP contribution in [-0.4, -0.2) is 41.0 Å². The summed E-state index contributed by atoms with van der Waals surface area (Å²) in [7, 11) is 1.92. The molecule has 1 saturated carbocycles. The summed E-state index contributed by atoms with van der Waals surface area (Å²) < 4.78 is 47.3. The number of aromatic nitrogens is 2. The van der Waals surface area contributed by atoms with Gasteiger partial charge in [-0.05, 0) is 77.7 Å². The molecule has 9 heteroatoms. The summed E-state index contributed by atoms with van der Waals surface area (Å²) in [6.07, 6.45) is 12.4. The Hall–Kier alpha value is -3.38. The maximum atomic E-state index is 15.9. The summed E-state index contributed by atoms with van der Waals surface area (Å²) in [5, 5.41) is 13.4. The molecule has 0 spiro atoms. The van der Waals surface area contributed by atoms with Gasteiger partial charge in [0.25, 0.3) is 5.92 Å². The Morgan fingerprint density at radius 3 is 2.51 bits per heavy atom. The average molecular weight is 621 g/mol. The number of nitrogens with zero attached hydrogens (tertiary/aromatic N) is 5. The van der Waals surface area contributed by atoms with Crippen LogP contribution < -0.4 is 10.2 Å². The van der Waals surface area contributed by atoms with Gasteiger partial charge in [0, 0.05) is 23.2 Å². The molecule has 1 saturated heterocycles. The largest absolute Gasteiger partial charge is 0.363 e. The van der Waals surface area contributed by atoms with Crippen molar-refractivity contribution in [3.63, 3.8) is 0 Å². The Morgan fingerprint density at radius 2 is 1.84 bits per heavy atom. The fourth-order valence-corrected chi connectivity index (χ4v) is 6.95. The van der Waals surface area contributed by atoms with Crippen molar-refractivity contribution in [1.82, 2.24) is 14.9 Å². The first-order valence-corrected chi connectivity index (χ1v) is 16.6. The average Bonchev–Trinajstić information content (AvgIpc) is 3.82. The van der Waals surface area contributed by atoms with Crippen molar-refractivity contribution < 1.29 is 13.2 Å². The summed E-state index contributed by atoms with van der Waals surface area (Å²) in [5.74, 6) is -3.89. The number of fused-ring (bicyclic) bond motifs is 1. The van der Waals surface area contributed by atoms with Gasteiger partial charge in [-0.15, -0.1) is 0 Å². The number of anilines is 2. The van der Waals surface area contributed by atoms with Crippen molar-refractivity contribution in [3.8, 4) is 6.07 Å². The predicted molar refractivity (Wildman–Crippen MR) is 174 cm³/mol. The Balaban J connectivity index is 1.44. The number of alkyl halides is 2. The molecule has 1 unspecified atom stereocenters. The minimum atomic E-state index is -3.27. The van der Waals surface area contributed by atoms with E-state index in [4.69, 9.17) is 0 Å². The van der Waals surface area contributed by atoms with Crippen LogP contribution in [0.5, 0.6) is 0 Å². The molecule has 5 rings (SSSR count). The first kappa shape index (κ1) is 33.0. The van der Waals surface area contributed by atoms with Crippen LogP contribution >= 0.6 is 0 Å². The monoisotopic (exact) mass is 620 g/mol. The number of rotatable bonds is 13. The molecule has 2 fully saturated rings. The summed E-state index contributed by atoms with van der Waals surface area (Å²) in [6, 6.07) is 6.23. The summed E-state index contributed by atoms with van der Waals surface area (Å²) in [5.41, 5.74) is 1.38. The van der Waals surface area contributed by atoms with Gasteiger partial charge in [-0.2, -0.15) is 5.26 Å². The van der Waals surface area contributed by atoms with E-state index < -0.39 is 34.7 Å². The second kappa shape index (κ2) is 13.5. The van der Waals surface area contributed by atoms with Gasteiger partial charge >= 0.3 is 0 Å². The normalized spacial score (nSPS) is 19.8. The van der Waals surface area contributed by atoms with Crippen LogP contribution in [0.2, 0.25) is 0 Å². The molecule has 0 bridgehead atoms. The molecule has 1 aliphatic carbocycles. The van der Waals surface area contributed by atoms with E-state index in [0.29, 0.717) is 43.1 Å². The SMILES string of the molecule is C=C1C(C2(C#N)CC2)=Cc2c(N[C@H](C)c3cccc(C(F)(F)C4CCN(C)CC4)c3F)ncnc2N1C(C)CCCCCCC. The third-order valence-electron chi connectivity index (χ3n) is 10.1. The third-order valence-corrected chi connectivity index (χ3v) is 10.1. The molecule has 2 atom stereocenters. The highest BCUT2D eigenvalue weighted by molar-refractivity contribution is 5.84. The number of hydrogen-bond donors (Lipinski definition) is 1. The lowest BCUT2D eigenvalue weighted by atomic mass is 9.85. The molecule has 3 aliphatic rings. The lowest BCUT2D eigenvalue weighted by Gasteiger charge is -2.38. The summed E-state index contributed by atoms with van der Waals surface area (Å²) in [4.78, 5) is 13.4. The van der Waals surface area contributed by atoms with E-state index >= 15 is 13.2 Å². The second-order valence-corrected chi connectivity index (χ2v) is 13.4. The number of nitriles is 1. The Bertz CT molecular complexity index is 1450. The molecule has 45 heavy (non-hydrogen) atoms. The van der Waals surface area contributed by atoms with Gasteiger partial charge in [0.1, 0.15) is 23.8 Å². The number of piperidine rings is 1. The molecular formula is C36H47F3N6. The maximum Gasteiger partial charge on any atom is 0.278 e. The van der Waals surface area contributed by atoms with Gasteiger partial charge in [-0.25, -0.2) is 23.1 Å². The van der Waals surface area contributed by atoms with Crippen LogP contribution in [0.1, 0.15) is 108 Å². The van der Waals surface area contributed by atoms with Gasteiger partial charge in [0.05, 0.1) is 28.7 Å². The Kier molecular flexibility index (Phi) is 9.93. The zero-order chi connectivity index (χ0) is 32.4. The van der Waals surface area contributed by atoms with Crippen molar-refractivity contribution in [2.24, 2.45) is 11.3 Å². The van der Waals surface area contributed by atoms with Crippen molar-refractivity contribution >= 4 is 17.7 Å². The molecule has 2 aliphatic heterocycles. The first-order valence-electron chi connectivity index (χ1n) is 16.6. The third kappa shape index (κ3) is 6.63. The molecule has 1 aromatic carbocycles. The second-order valence-electron chi connectivity index (χ2n) is 13.4. The zero-order valence-electron chi connectivity index (χ0n) is 27.2. The highest BCUT2D eigenvalue weighted by Gasteiger charge is 2.50. The van der Waals surface area contributed by atoms with E-state index in [1.807, 2.05) is 18.0 Å². The number of likely N-dealkylation sites (tertiary alicyclic amines) is 1. The van der Waals surface area contributed by atoms with Gasteiger partial charge in [0.2, 0.25) is 0 Å². The molecule has 6 nitrogen and oxygen atoms in total. The van der Waals surface area contributed by atoms with E-state index in [1.165, 1.54) is 37.7 Å². The van der Waals surface area contributed by atoms with Crippen molar-refractivity contribution in [2.75, 3.05) is 30.4 Å². The van der Waals surface area contributed by atoms with Crippen molar-refractivity contribution in [2.45, 2.75) is 103 Å². The lowest BCUT2D eigenvalue weighted by molar-refractivity contribution is -0.0862. The van der Waals surface area contributed by atoms with E-state index in [0.717, 1.165) is 43.4 Å². The van der Waals surface area contributed by atoms with Gasteiger partial charge in [-0.3, -0.25) is 0 Å². The van der Waals surface area contributed by atoms with Gasteiger partial charge < -0.3 is 15.1 Å². The number of hydrogen-bond acceptors (Lipinski definition) is 6. The van der Waals surface area contributed by atoms with Crippen LogP contribution in [0.15, 0.2) is 42.4 Å². The minimum absolute atomic E-state index is 0.0900. The number of allylic oxidation sites excluding steroid dienone is 1. The number of unbranched alkanes of at least 4 members (excludes halogenated alkanes) is 4. The highest BCUT2D eigenvalue weighted by atomic mass is 19.3. The van der Waals surface area contributed by atoms with Crippen LogP contribution in [-0.2, 0) is 5.92 Å². The predicted octanol–water partition coefficient (Wildman–Crippen LogP) is 8.99. The van der Waals surface area contributed by atoms with Crippen molar-refractivity contribution in [3.05, 3.63) is 64.9 Å². The Morgan fingerprint density at radius 1 is 1.13 bits per heavy atom. The standard InChI is InChI=1S/C36H47F3N6/c1-6-7-8-9-10-12-24(2)45-26(4)31(35(22-40)17-18-35)21-29-33(41-23-42-34(29)45)43-25(3)28-13-11-14-30(32(28)37)36(38,39)27-15-19-44(5)20-16-27/h11,13-14,21,23-25,27H,4,6-10,12,15-20H2,1-3,5H3,(H,41,42,43)/t24?,25-/m1/s1. The van der Waals surface area contributed by atoms with Crippen LogP contribution in [0.25, 0.3) is 6.08 Å². The zero-order valence-corrected chi connectivity index (χ0v) is 27.2. The molecule has 1 N–H and O–H groups in total. The fraction of sp³-hybridized carbons (Fsp3) is 0.583. The molecular weight excluding hydrogens is 573 g/mol. The number of halogens is 3. The van der Waals surface area contributed by atoms with E-state index in [1.54, 1.807) is 13.0 Å². The molecule has 3 heterocycles. The molecule has 2 aromatic rings. The first-order chi connectivity index (χ1) is 21.5. The van der Waals surface area contributed by atoms with Gasteiger partial charge in [-0.1, -0.05) is 63.8 Å². The summed E-state index contributed by atoms with van der Waals surface area (Å²) in [6.45, 7) is 11.7. The smallest absolute Gasteiger partial charge is 0.278 e. The molecule has 0 amide bonds. The molecule has 0 radical (unpaired) electrons. The maximum absolute atomic E-state index is 15.9.